The summed E-state index contributed by atoms with van der Waals surface area (Å²) in [6.07, 6.45) is 3.09. The van der Waals surface area contributed by atoms with E-state index >= 15 is 0 Å². The second-order valence-electron chi connectivity index (χ2n) is 7.73. The lowest BCUT2D eigenvalue weighted by Crippen LogP contribution is -2.43. The van der Waals surface area contributed by atoms with Gasteiger partial charge >= 0.3 is 0 Å². The third-order valence-electron chi connectivity index (χ3n) is 5.61. The van der Waals surface area contributed by atoms with Gasteiger partial charge in [-0.3, -0.25) is 9.59 Å². The second-order valence-corrected chi connectivity index (χ2v) is 7.73. The monoisotopic (exact) mass is 410 g/mol. The van der Waals surface area contributed by atoms with Crippen molar-refractivity contribution in [2.24, 2.45) is 0 Å². The lowest BCUT2D eigenvalue weighted by molar-refractivity contribution is -0.117. The van der Waals surface area contributed by atoms with E-state index in [-0.39, 0.29) is 18.0 Å². The van der Waals surface area contributed by atoms with Crippen LogP contribution in [-0.4, -0.2) is 23.2 Å². The number of carbonyl (C=O) groups excluding carboxylic acids is 2. The molecule has 0 fully saturated rings. The van der Waals surface area contributed by atoms with Crippen LogP contribution in [0.3, 0.4) is 0 Å². The third kappa shape index (κ3) is 4.03. The molecule has 0 bridgehead atoms. The molecule has 0 unspecified atom stereocenters. The number of nitrogens with one attached hydrogen (secondary N) is 1. The fourth-order valence-electron chi connectivity index (χ4n) is 4.14. The van der Waals surface area contributed by atoms with Crippen molar-refractivity contribution < 1.29 is 9.59 Å². The molecule has 0 saturated heterocycles. The minimum absolute atomic E-state index is 0.00628. The molecular weight excluding hydrogens is 388 g/mol. The summed E-state index contributed by atoms with van der Waals surface area (Å²) in [5.41, 5.74) is 5.03. The number of hydrogen-bond acceptors (Lipinski definition) is 5. The molecule has 1 aliphatic rings. The highest BCUT2D eigenvalue weighted by atomic mass is 16.2. The topological polar surface area (TPSA) is 86.1 Å². The van der Waals surface area contributed by atoms with E-state index in [1.54, 1.807) is 37.4 Å². The van der Waals surface area contributed by atoms with Crippen molar-refractivity contribution >= 4 is 23.7 Å². The van der Waals surface area contributed by atoms with Crippen LogP contribution in [0.2, 0.25) is 0 Å². The summed E-state index contributed by atoms with van der Waals surface area (Å²) in [5.74, 6) is 0.686. The first-order chi connectivity index (χ1) is 15.0. The number of carbonyl (C=O) groups is 2. The molecular formula is C25H22N4O2. The molecule has 6 nitrogen and oxygen atoms in total. The number of amides is 1. The zero-order chi connectivity index (χ0) is 22.0. The Morgan fingerprint density at radius 1 is 1.16 bits per heavy atom. The fraction of sp³-hybridized carbons (Fsp3) is 0.200. The smallest absolute Gasteiger partial charge is 0.224 e. The maximum Gasteiger partial charge on any atom is 0.224 e. The van der Waals surface area contributed by atoms with Gasteiger partial charge in [0.25, 0.3) is 0 Å². The van der Waals surface area contributed by atoms with Crippen LogP contribution in [-0.2, 0) is 4.79 Å². The van der Waals surface area contributed by atoms with Crippen LogP contribution in [0.4, 0.5) is 11.5 Å². The molecule has 0 aliphatic carbocycles. The summed E-state index contributed by atoms with van der Waals surface area (Å²) in [6, 6.07) is 19.1. The van der Waals surface area contributed by atoms with Gasteiger partial charge in [-0.05, 0) is 54.3 Å². The lowest BCUT2D eigenvalue weighted by atomic mass is 9.89. The lowest BCUT2D eigenvalue weighted by Gasteiger charge is -2.39. The molecule has 2 aromatic carbocycles. The normalized spacial score (nSPS) is 17.4. The van der Waals surface area contributed by atoms with Gasteiger partial charge in [0.2, 0.25) is 5.91 Å². The molecule has 3 aromatic rings. The van der Waals surface area contributed by atoms with E-state index < -0.39 is 0 Å². The summed E-state index contributed by atoms with van der Waals surface area (Å²) < 4.78 is 0. The third-order valence-corrected chi connectivity index (χ3v) is 5.61. The van der Waals surface area contributed by atoms with E-state index in [0.717, 1.165) is 35.1 Å². The van der Waals surface area contributed by atoms with Crippen molar-refractivity contribution in [2.45, 2.75) is 32.4 Å². The number of anilines is 2. The van der Waals surface area contributed by atoms with Crippen molar-refractivity contribution in [3.05, 3.63) is 77.5 Å². The van der Waals surface area contributed by atoms with Gasteiger partial charge < -0.3 is 10.2 Å². The SMILES string of the molecule is CC(=O)N1c2ccc(-c3ccc(C=O)cc3)cc2[C@H](Nc2ccc(C#N)cn2)C[C@@H]1C. The largest absolute Gasteiger partial charge is 0.363 e. The van der Waals surface area contributed by atoms with Gasteiger partial charge in [-0.1, -0.05) is 30.3 Å². The number of rotatable bonds is 4. The maximum absolute atomic E-state index is 12.4. The molecule has 1 aromatic heterocycles. The molecule has 1 N–H and O–H groups in total. The quantitative estimate of drug-likeness (QED) is 0.629. The van der Waals surface area contributed by atoms with E-state index in [1.807, 2.05) is 36.1 Å². The number of fused-ring (bicyclic) bond motifs is 1. The molecule has 2 heterocycles. The first-order valence-corrected chi connectivity index (χ1v) is 10.1. The van der Waals surface area contributed by atoms with Crippen LogP contribution in [0.15, 0.2) is 60.8 Å². The Kier molecular flexibility index (Phi) is 5.50. The molecule has 1 amide bonds. The first-order valence-electron chi connectivity index (χ1n) is 10.1. The van der Waals surface area contributed by atoms with Gasteiger partial charge in [0, 0.05) is 30.4 Å². The van der Waals surface area contributed by atoms with Crippen molar-refractivity contribution in [3.8, 4) is 17.2 Å². The molecule has 1 aliphatic heterocycles. The first kappa shape index (κ1) is 20.3. The van der Waals surface area contributed by atoms with Crippen molar-refractivity contribution in [1.82, 2.24) is 4.98 Å². The molecule has 0 radical (unpaired) electrons. The molecule has 0 spiro atoms. The Labute approximate surface area is 181 Å². The molecule has 6 heteroatoms. The van der Waals surface area contributed by atoms with Crippen LogP contribution < -0.4 is 10.2 Å². The van der Waals surface area contributed by atoms with Crippen LogP contribution in [0.25, 0.3) is 11.1 Å². The van der Waals surface area contributed by atoms with E-state index in [2.05, 4.69) is 22.4 Å². The number of aldehydes is 1. The zero-order valence-electron chi connectivity index (χ0n) is 17.4. The van der Waals surface area contributed by atoms with Crippen molar-refractivity contribution in [3.63, 3.8) is 0 Å². The Hall–Kier alpha value is -3.98. The van der Waals surface area contributed by atoms with E-state index in [1.165, 1.54) is 0 Å². The van der Waals surface area contributed by atoms with E-state index in [0.29, 0.717) is 16.9 Å². The molecule has 2 atom stereocenters. The highest BCUT2D eigenvalue weighted by Crippen LogP contribution is 2.41. The number of nitrogens with zero attached hydrogens (tertiary/aromatic N) is 3. The van der Waals surface area contributed by atoms with Crippen LogP contribution in [0.1, 0.15) is 47.8 Å². The van der Waals surface area contributed by atoms with Gasteiger partial charge in [0.05, 0.1) is 11.6 Å². The summed E-state index contributed by atoms with van der Waals surface area (Å²) >= 11 is 0. The van der Waals surface area contributed by atoms with Crippen LogP contribution >= 0.6 is 0 Å². The zero-order valence-corrected chi connectivity index (χ0v) is 17.4. The minimum Gasteiger partial charge on any atom is -0.363 e. The summed E-state index contributed by atoms with van der Waals surface area (Å²) in [7, 11) is 0. The molecule has 0 saturated carbocycles. The average Bonchev–Trinajstić information content (AvgIpc) is 2.79. The summed E-state index contributed by atoms with van der Waals surface area (Å²) in [5, 5.41) is 12.5. The van der Waals surface area contributed by atoms with E-state index in [9.17, 15) is 9.59 Å². The molecule has 31 heavy (non-hydrogen) atoms. The number of nitriles is 1. The Morgan fingerprint density at radius 3 is 2.52 bits per heavy atom. The standard InChI is InChI=1S/C25H22N4O2/c1-16-11-23(28-25-10-5-19(13-26)14-27-25)22-12-21(8-9-24(22)29(16)17(2)31)20-6-3-18(15-30)4-7-20/h3-10,12,14-16,23H,11H2,1-2H3,(H,27,28)/t16-,23+/m0/s1. The second kappa shape index (κ2) is 8.41. The number of pyridine rings is 1. The Morgan fingerprint density at radius 2 is 1.90 bits per heavy atom. The van der Waals surface area contributed by atoms with E-state index in [4.69, 9.17) is 5.26 Å². The highest BCUT2D eigenvalue weighted by Gasteiger charge is 2.32. The maximum atomic E-state index is 12.4. The van der Waals surface area contributed by atoms with Gasteiger partial charge in [-0.15, -0.1) is 0 Å². The van der Waals surface area contributed by atoms with Gasteiger partial charge in [0.15, 0.2) is 0 Å². The summed E-state index contributed by atoms with van der Waals surface area (Å²) in [4.78, 5) is 29.5. The van der Waals surface area contributed by atoms with Gasteiger partial charge in [-0.25, -0.2) is 4.98 Å². The van der Waals surface area contributed by atoms with Gasteiger partial charge in [-0.2, -0.15) is 5.26 Å². The van der Waals surface area contributed by atoms with Crippen molar-refractivity contribution in [2.75, 3.05) is 10.2 Å². The predicted octanol–water partition coefficient (Wildman–Crippen LogP) is 4.73. The Balaban J connectivity index is 1.75. The highest BCUT2D eigenvalue weighted by molar-refractivity contribution is 5.94. The van der Waals surface area contributed by atoms with Crippen LogP contribution in [0, 0.1) is 11.3 Å². The fourth-order valence-corrected chi connectivity index (χ4v) is 4.14. The molecule has 154 valence electrons. The minimum atomic E-state index is -0.0461. The number of aromatic nitrogens is 1. The number of benzene rings is 2. The van der Waals surface area contributed by atoms with Gasteiger partial charge in [0.1, 0.15) is 18.2 Å². The Bertz CT molecular complexity index is 1160. The average molecular weight is 410 g/mol. The molecule has 4 rings (SSSR count). The predicted molar refractivity (Wildman–Crippen MR) is 120 cm³/mol. The summed E-state index contributed by atoms with van der Waals surface area (Å²) in [6.45, 7) is 3.62. The number of hydrogen-bond donors (Lipinski definition) is 1. The van der Waals surface area contributed by atoms with Crippen molar-refractivity contribution in [1.29, 1.82) is 5.26 Å². The van der Waals surface area contributed by atoms with Crippen LogP contribution in [0.5, 0.6) is 0 Å².